The van der Waals surface area contributed by atoms with Crippen molar-refractivity contribution in [3.8, 4) is 0 Å². The number of aliphatic hydroxyl groups is 1. The summed E-state index contributed by atoms with van der Waals surface area (Å²) in [5.41, 5.74) is 2.14. The van der Waals surface area contributed by atoms with Crippen LogP contribution in [0.3, 0.4) is 0 Å². The monoisotopic (exact) mass is 198 g/mol. The largest absolute Gasteiger partial charge is 0.386 e. The molecule has 1 aromatic carbocycles. The van der Waals surface area contributed by atoms with Crippen LogP contribution in [0.4, 0.5) is 0 Å². The average Bonchev–Trinajstić information content (AvgIpc) is 1.97. The van der Waals surface area contributed by atoms with Crippen LogP contribution >= 0.6 is 11.6 Å². The minimum Gasteiger partial charge on any atom is -0.386 e. The first-order chi connectivity index (χ1) is 5.82. The zero-order chi connectivity index (χ0) is 10.2. The summed E-state index contributed by atoms with van der Waals surface area (Å²) in [6.07, 6.45) is 0. The number of hydrogen-bond acceptors (Lipinski definition) is 1. The Hall–Kier alpha value is -0.530. The van der Waals surface area contributed by atoms with Gasteiger partial charge in [0.05, 0.1) is 5.60 Å². The van der Waals surface area contributed by atoms with Gasteiger partial charge in [-0.3, -0.25) is 0 Å². The molecule has 2 heteroatoms. The van der Waals surface area contributed by atoms with Crippen LogP contribution in [0, 0.1) is 13.8 Å². The van der Waals surface area contributed by atoms with Gasteiger partial charge in [0.2, 0.25) is 0 Å². The van der Waals surface area contributed by atoms with Crippen molar-refractivity contribution in [2.24, 2.45) is 0 Å². The Labute approximate surface area is 84.4 Å². The second-order valence-corrected chi connectivity index (χ2v) is 4.36. The van der Waals surface area contributed by atoms with Crippen LogP contribution in [0.1, 0.15) is 30.5 Å². The highest BCUT2D eigenvalue weighted by atomic mass is 35.5. The summed E-state index contributed by atoms with van der Waals surface area (Å²) in [6.45, 7) is 7.44. The second kappa shape index (κ2) is 3.32. The third-order valence-electron chi connectivity index (χ3n) is 2.14. The number of benzene rings is 1. The number of hydrogen-bond donors (Lipinski definition) is 1. The molecule has 1 N–H and O–H groups in total. The molecule has 0 saturated heterocycles. The Kier molecular flexibility index (Phi) is 2.69. The van der Waals surface area contributed by atoms with Crippen molar-refractivity contribution in [2.75, 3.05) is 0 Å². The quantitative estimate of drug-likeness (QED) is 0.735. The molecular formula is C11H15ClO. The summed E-state index contributed by atoms with van der Waals surface area (Å²) < 4.78 is 0. The Morgan fingerprint density at radius 3 is 1.85 bits per heavy atom. The van der Waals surface area contributed by atoms with Gasteiger partial charge < -0.3 is 5.11 Å². The maximum Gasteiger partial charge on any atom is 0.0840 e. The summed E-state index contributed by atoms with van der Waals surface area (Å²) in [5, 5.41) is 10.6. The van der Waals surface area contributed by atoms with Crippen LogP contribution in [0.2, 0.25) is 5.02 Å². The van der Waals surface area contributed by atoms with E-state index in [1.54, 1.807) is 13.8 Å². The van der Waals surface area contributed by atoms with Gasteiger partial charge in [0.15, 0.2) is 0 Å². The van der Waals surface area contributed by atoms with E-state index in [4.69, 9.17) is 11.6 Å². The fourth-order valence-corrected chi connectivity index (χ4v) is 1.41. The topological polar surface area (TPSA) is 20.2 Å². The summed E-state index contributed by atoms with van der Waals surface area (Å²) >= 11 is 6.02. The van der Waals surface area contributed by atoms with Crippen molar-refractivity contribution >= 4 is 11.6 Å². The van der Waals surface area contributed by atoms with E-state index in [1.165, 1.54) is 0 Å². The van der Waals surface area contributed by atoms with E-state index < -0.39 is 5.60 Å². The van der Waals surface area contributed by atoms with E-state index in [0.717, 1.165) is 21.7 Å². The number of aryl methyl sites for hydroxylation is 2. The van der Waals surface area contributed by atoms with Crippen LogP contribution in [0.15, 0.2) is 12.1 Å². The van der Waals surface area contributed by atoms with E-state index in [2.05, 4.69) is 0 Å². The molecule has 0 saturated carbocycles. The third kappa shape index (κ3) is 2.23. The molecule has 0 unspecified atom stereocenters. The van der Waals surface area contributed by atoms with Crippen molar-refractivity contribution in [1.82, 2.24) is 0 Å². The Balaban J connectivity index is 3.29. The summed E-state index contributed by atoms with van der Waals surface area (Å²) in [5.74, 6) is 0. The van der Waals surface area contributed by atoms with Crippen molar-refractivity contribution in [2.45, 2.75) is 33.3 Å². The zero-order valence-corrected chi connectivity index (χ0v) is 9.24. The second-order valence-electron chi connectivity index (χ2n) is 3.98. The number of halogens is 1. The molecule has 0 aliphatic rings. The van der Waals surface area contributed by atoms with E-state index in [9.17, 15) is 5.11 Å². The van der Waals surface area contributed by atoms with Crippen molar-refractivity contribution in [1.29, 1.82) is 0 Å². The normalized spacial score (nSPS) is 11.8. The predicted molar refractivity (Wildman–Crippen MR) is 56.2 cm³/mol. The first-order valence-electron chi connectivity index (χ1n) is 4.32. The average molecular weight is 199 g/mol. The predicted octanol–water partition coefficient (Wildman–Crippen LogP) is 3.18. The molecule has 0 aliphatic carbocycles. The molecule has 0 atom stereocenters. The Morgan fingerprint density at radius 2 is 1.54 bits per heavy atom. The molecule has 0 bridgehead atoms. The SMILES string of the molecule is Cc1cc(C(C)(C)O)cc(C)c1Cl. The highest BCUT2D eigenvalue weighted by Crippen LogP contribution is 2.27. The van der Waals surface area contributed by atoms with E-state index in [0.29, 0.717) is 0 Å². The lowest BCUT2D eigenvalue weighted by Crippen LogP contribution is -2.15. The summed E-state index contributed by atoms with van der Waals surface area (Å²) in [6, 6.07) is 3.85. The molecule has 1 rings (SSSR count). The van der Waals surface area contributed by atoms with Gasteiger partial charge in [-0.15, -0.1) is 0 Å². The highest BCUT2D eigenvalue weighted by Gasteiger charge is 2.17. The fourth-order valence-electron chi connectivity index (χ4n) is 1.30. The van der Waals surface area contributed by atoms with Crippen molar-refractivity contribution in [3.05, 3.63) is 33.8 Å². The fraction of sp³-hybridized carbons (Fsp3) is 0.455. The lowest BCUT2D eigenvalue weighted by molar-refractivity contribution is 0.0785. The molecular weight excluding hydrogens is 184 g/mol. The maximum absolute atomic E-state index is 9.79. The molecule has 0 fully saturated rings. The van der Waals surface area contributed by atoms with Crippen LogP contribution in [-0.4, -0.2) is 5.11 Å². The van der Waals surface area contributed by atoms with Crippen molar-refractivity contribution in [3.63, 3.8) is 0 Å². The molecule has 1 nitrogen and oxygen atoms in total. The van der Waals surface area contributed by atoms with Crippen LogP contribution in [0.25, 0.3) is 0 Å². The lowest BCUT2D eigenvalue weighted by Gasteiger charge is -2.19. The highest BCUT2D eigenvalue weighted by molar-refractivity contribution is 6.32. The molecule has 0 spiro atoms. The van der Waals surface area contributed by atoms with Gasteiger partial charge in [0.25, 0.3) is 0 Å². The first-order valence-corrected chi connectivity index (χ1v) is 4.70. The third-order valence-corrected chi connectivity index (χ3v) is 2.74. The number of rotatable bonds is 1. The summed E-state index contributed by atoms with van der Waals surface area (Å²) in [4.78, 5) is 0. The zero-order valence-electron chi connectivity index (χ0n) is 8.48. The molecule has 0 radical (unpaired) electrons. The Morgan fingerprint density at radius 1 is 1.15 bits per heavy atom. The molecule has 0 heterocycles. The lowest BCUT2D eigenvalue weighted by atomic mass is 9.95. The Bertz CT molecular complexity index is 300. The van der Waals surface area contributed by atoms with Gasteiger partial charge in [-0.2, -0.15) is 0 Å². The van der Waals surface area contributed by atoms with Crippen LogP contribution in [0.5, 0.6) is 0 Å². The van der Waals surface area contributed by atoms with E-state index >= 15 is 0 Å². The minimum absolute atomic E-state index is 0.785. The molecule has 0 aliphatic heterocycles. The van der Waals surface area contributed by atoms with Crippen LogP contribution in [-0.2, 0) is 5.60 Å². The van der Waals surface area contributed by atoms with Gasteiger partial charge in [-0.25, -0.2) is 0 Å². The molecule has 72 valence electrons. The summed E-state index contributed by atoms with van der Waals surface area (Å²) in [7, 11) is 0. The maximum atomic E-state index is 9.79. The minimum atomic E-state index is -0.792. The molecule has 0 amide bonds. The molecule has 0 aromatic heterocycles. The standard InChI is InChI=1S/C11H15ClO/c1-7-5-9(11(3,4)13)6-8(2)10(7)12/h5-6,13H,1-4H3. The van der Waals surface area contributed by atoms with Gasteiger partial charge in [-0.05, 0) is 44.4 Å². The van der Waals surface area contributed by atoms with E-state index in [-0.39, 0.29) is 0 Å². The molecule has 13 heavy (non-hydrogen) atoms. The van der Waals surface area contributed by atoms with Gasteiger partial charge in [0.1, 0.15) is 0 Å². The molecule has 1 aromatic rings. The van der Waals surface area contributed by atoms with E-state index in [1.807, 2.05) is 26.0 Å². The van der Waals surface area contributed by atoms with Crippen molar-refractivity contribution < 1.29 is 5.11 Å². The van der Waals surface area contributed by atoms with Gasteiger partial charge in [-0.1, -0.05) is 23.7 Å². The smallest absolute Gasteiger partial charge is 0.0840 e. The van der Waals surface area contributed by atoms with Crippen LogP contribution < -0.4 is 0 Å². The first kappa shape index (κ1) is 10.6. The van der Waals surface area contributed by atoms with Gasteiger partial charge in [0, 0.05) is 5.02 Å². The van der Waals surface area contributed by atoms with Gasteiger partial charge >= 0.3 is 0 Å².